The predicted molar refractivity (Wildman–Crippen MR) is 81.8 cm³/mol. The molecule has 0 radical (unpaired) electrons. The maximum atomic E-state index is 11.6. The van der Waals surface area contributed by atoms with E-state index in [-0.39, 0.29) is 6.42 Å². The molecule has 2 aromatic rings. The molecule has 114 valence electrons. The Balaban J connectivity index is 2.21. The average molecular weight is 320 g/mol. The van der Waals surface area contributed by atoms with Crippen LogP contribution in [-0.2, 0) is 16.0 Å². The van der Waals surface area contributed by atoms with Gasteiger partial charge in [0.25, 0.3) is 5.91 Å². The highest BCUT2D eigenvalue weighted by Gasteiger charge is 2.20. The molecule has 0 bridgehead atoms. The summed E-state index contributed by atoms with van der Waals surface area (Å²) in [6.07, 6.45) is -1.06. The van der Waals surface area contributed by atoms with Crippen LogP contribution in [0.5, 0.6) is 5.75 Å². The Hall–Kier alpha value is -2.53. The minimum atomic E-state index is -0.975. The van der Waals surface area contributed by atoms with Gasteiger partial charge in [0.05, 0.1) is 6.42 Å². The van der Waals surface area contributed by atoms with Gasteiger partial charge in [0.1, 0.15) is 5.75 Å². The molecule has 0 aliphatic carbocycles. The number of benzene rings is 2. The molecule has 0 aliphatic heterocycles. The number of amides is 1. The number of halogens is 1. The van der Waals surface area contributed by atoms with Crippen LogP contribution in [-0.4, -0.2) is 17.0 Å². The van der Waals surface area contributed by atoms with Crippen molar-refractivity contribution in [3.8, 4) is 5.75 Å². The first-order valence-corrected chi connectivity index (χ1v) is 6.85. The summed E-state index contributed by atoms with van der Waals surface area (Å²) in [6, 6.07) is 13.1. The zero-order valence-electron chi connectivity index (χ0n) is 11.5. The minimum Gasteiger partial charge on any atom is -0.481 e. The minimum absolute atomic E-state index is 0.0866. The summed E-state index contributed by atoms with van der Waals surface area (Å²) in [6.45, 7) is 0. The highest BCUT2D eigenvalue weighted by atomic mass is 35.5. The highest BCUT2D eigenvalue weighted by molar-refractivity contribution is 6.30. The summed E-state index contributed by atoms with van der Waals surface area (Å²) in [4.78, 5) is 22.3. The second kappa shape index (κ2) is 6.95. The molecule has 2 rings (SSSR count). The number of nitrogens with two attached hydrogens (primary N) is 1. The van der Waals surface area contributed by atoms with Gasteiger partial charge in [-0.25, -0.2) is 0 Å². The van der Waals surface area contributed by atoms with Crippen LogP contribution in [0.2, 0.25) is 5.02 Å². The Labute approximate surface area is 132 Å². The van der Waals surface area contributed by atoms with Crippen molar-refractivity contribution in [2.45, 2.75) is 12.5 Å². The van der Waals surface area contributed by atoms with Crippen molar-refractivity contribution in [3.63, 3.8) is 0 Å². The van der Waals surface area contributed by atoms with Crippen LogP contribution < -0.4 is 10.5 Å². The predicted octanol–water partition coefficient (Wildman–Crippen LogP) is 2.57. The molecule has 1 amide bonds. The fraction of sp³-hybridized carbons (Fsp3) is 0.125. The second-order valence-corrected chi connectivity index (χ2v) is 5.11. The third kappa shape index (κ3) is 4.23. The Bertz CT molecular complexity index is 685. The zero-order valence-corrected chi connectivity index (χ0v) is 12.3. The molecular weight excluding hydrogens is 306 g/mol. The van der Waals surface area contributed by atoms with Crippen LogP contribution in [0.25, 0.3) is 0 Å². The van der Waals surface area contributed by atoms with Gasteiger partial charge in [0, 0.05) is 10.6 Å². The number of carbonyl (C=O) groups is 2. The van der Waals surface area contributed by atoms with Crippen LogP contribution in [0.4, 0.5) is 0 Å². The molecule has 0 aliphatic rings. The Morgan fingerprint density at radius 1 is 1.18 bits per heavy atom. The maximum Gasteiger partial charge on any atom is 0.307 e. The third-order valence-corrected chi connectivity index (χ3v) is 3.18. The summed E-state index contributed by atoms with van der Waals surface area (Å²) in [5.74, 6) is -1.15. The summed E-state index contributed by atoms with van der Waals surface area (Å²) < 4.78 is 5.59. The topological polar surface area (TPSA) is 89.6 Å². The largest absolute Gasteiger partial charge is 0.481 e. The van der Waals surface area contributed by atoms with Gasteiger partial charge in [0.2, 0.25) is 6.10 Å². The number of carboxylic acid groups (broad SMARTS) is 1. The lowest BCUT2D eigenvalue weighted by molar-refractivity contribution is -0.136. The summed E-state index contributed by atoms with van der Waals surface area (Å²) >= 11 is 5.87. The third-order valence-electron chi connectivity index (χ3n) is 2.95. The number of carbonyl (C=O) groups excluding carboxylic acids is 1. The first kappa shape index (κ1) is 15.9. The lowest BCUT2D eigenvalue weighted by Gasteiger charge is -2.17. The van der Waals surface area contributed by atoms with Crippen molar-refractivity contribution >= 4 is 23.5 Å². The Morgan fingerprint density at radius 3 is 2.41 bits per heavy atom. The highest BCUT2D eigenvalue weighted by Crippen LogP contribution is 2.24. The number of ether oxygens (including phenoxy) is 1. The number of carboxylic acids is 1. The van der Waals surface area contributed by atoms with E-state index in [2.05, 4.69) is 0 Å². The molecule has 0 saturated heterocycles. The van der Waals surface area contributed by atoms with Crippen LogP contribution in [0.3, 0.4) is 0 Å². The number of primary amides is 1. The summed E-state index contributed by atoms with van der Waals surface area (Å²) in [7, 11) is 0. The van der Waals surface area contributed by atoms with Crippen molar-refractivity contribution in [2.75, 3.05) is 0 Å². The lowest BCUT2D eigenvalue weighted by Crippen LogP contribution is -2.26. The van der Waals surface area contributed by atoms with Crippen LogP contribution in [0, 0.1) is 0 Å². The maximum absolute atomic E-state index is 11.6. The molecule has 3 N–H and O–H groups in total. The van der Waals surface area contributed by atoms with E-state index < -0.39 is 18.0 Å². The Morgan fingerprint density at radius 2 is 1.86 bits per heavy atom. The SMILES string of the molecule is NC(=O)C(Oc1cccc(Cl)c1)c1ccc(CC(=O)O)cc1. The zero-order chi connectivity index (χ0) is 16.1. The van der Waals surface area contributed by atoms with Crippen molar-refractivity contribution < 1.29 is 19.4 Å². The fourth-order valence-corrected chi connectivity index (χ4v) is 2.13. The van der Waals surface area contributed by atoms with Crippen LogP contribution in [0.1, 0.15) is 17.2 Å². The van der Waals surface area contributed by atoms with E-state index in [4.69, 9.17) is 27.2 Å². The normalized spacial score (nSPS) is 11.7. The Kier molecular flexibility index (Phi) is 5.01. The molecule has 0 spiro atoms. The molecule has 0 saturated carbocycles. The van der Waals surface area contributed by atoms with Crippen molar-refractivity contribution in [3.05, 3.63) is 64.7 Å². The van der Waals surface area contributed by atoms with Gasteiger partial charge >= 0.3 is 5.97 Å². The molecule has 0 heterocycles. The van der Waals surface area contributed by atoms with E-state index in [1.54, 1.807) is 48.5 Å². The molecule has 1 unspecified atom stereocenters. The van der Waals surface area contributed by atoms with Gasteiger partial charge in [-0.15, -0.1) is 0 Å². The monoisotopic (exact) mass is 319 g/mol. The summed E-state index contributed by atoms with van der Waals surface area (Å²) in [5.41, 5.74) is 6.55. The van der Waals surface area contributed by atoms with Gasteiger partial charge in [-0.05, 0) is 23.8 Å². The number of rotatable bonds is 6. The standard InChI is InChI=1S/C16H14ClNO4/c17-12-2-1-3-13(9-12)22-15(16(18)21)11-6-4-10(5-7-11)8-14(19)20/h1-7,9,15H,8H2,(H2,18,21)(H,19,20). The molecule has 6 heteroatoms. The van der Waals surface area contributed by atoms with Crippen LogP contribution >= 0.6 is 11.6 Å². The average Bonchev–Trinajstić information content (AvgIpc) is 2.45. The van der Waals surface area contributed by atoms with Gasteiger partial charge in [-0.1, -0.05) is 41.9 Å². The molecule has 5 nitrogen and oxygen atoms in total. The van der Waals surface area contributed by atoms with E-state index in [1.807, 2.05) is 0 Å². The van der Waals surface area contributed by atoms with Gasteiger partial charge < -0.3 is 15.6 Å². The van der Waals surface area contributed by atoms with E-state index in [0.717, 1.165) is 0 Å². The van der Waals surface area contributed by atoms with Gasteiger partial charge in [-0.2, -0.15) is 0 Å². The molecule has 0 fully saturated rings. The van der Waals surface area contributed by atoms with Crippen molar-refractivity contribution in [1.29, 1.82) is 0 Å². The lowest BCUT2D eigenvalue weighted by atomic mass is 10.0. The van der Waals surface area contributed by atoms with Gasteiger partial charge in [-0.3, -0.25) is 9.59 Å². The number of aliphatic carboxylic acids is 1. The van der Waals surface area contributed by atoms with E-state index >= 15 is 0 Å². The van der Waals surface area contributed by atoms with Crippen molar-refractivity contribution in [2.24, 2.45) is 5.73 Å². The quantitative estimate of drug-likeness (QED) is 0.856. The fourth-order valence-electron chi connectivity index (χ4n) is 1.95. The van der Waals surface area contributed by atoms with Crippen LogP contribution in [0.15, 0.2) is 48.5 Å². The molecule has 2 aromatic carbocycles. The molecule has 1 atom stereocenters. The first-order chi connectivity index (χ1) is 10.5. The number of hydrogen-bond acceptors (Lipinski definition) is 3. The smallest absolute Gasteiger partial charge is 0.307 e. The molecular formula is C16H14ClNO4. The number of hydrogen-bond donors (Lipinski definition) is 2. The second-order valence-electron chi connectivity index (χ2n) is 4.67. The van der Waals surface area contributed by atoms with Crippen molar-refractivity contribution in [1.82, 2.24) is 0 Å². The van der Waals surface area contributed by atoms with E-state index in [0.29, 0.717) is 21.9 Å². The van der Waals surface area contributed by atoms with Gasteiger partial charge in [0.15, 0.2) is 0 Å². The van der Waals surface area contributed by atoms with E-state index in [9.17, 15) is 9.59 Å². The van der Waals surface area contributed by atoms with E-state index in [1.165, 1.54) is 0 Å². The molecule has 22 heavy (non-hydrogen) atoms. The summed E-state index contributed by atoms with van der Waals surface area (Å²) in [5, 5.41) is 9.23. The molecule has 0 aromatic heterocycles. The first-order valence-electron chi connectivity index (χ1n) is 6.48.